The van der Waals surface area contributed by atoms with Gasteiger partial charge in [0.25, 0.3) is 0 Å². The highest BCUT2D eigenvalue weighted by molar-refractivity contribution is 14.1. The van der Waals surface area contributed by atoms with E-state index in [9.17, 15) is 0 Å². The van der Waals surface area contributed by atoms with E-state index < -0.39 is 0 Å². The number of nitrogens with two attached hydrogens (primary N) is 1. The summed E-state index contributed by atoms with van der Waals surface area (Å²) in [6.45, 7) is 0.537. The normalized spacial score (nSPS) is 20.4. The largest absolute Gasteiger partial charge is 0.490 e. The van der Waals surface area contributed by atoms with Crippen molar-refractivity contribution in [2.75, 3.05) is 6.61 Å². The van der Waals surface area contributed by atoms with Crippen molar-refractivity contribution in [3.05, 3.63) is 26.3 Å². The van der Waals surface area contributed by atoms with Crippen molar-refractivity contribution in [1.29, 1.82) is 0 Å². The van der Waals surface area contributed by atoms with Crippen LogP contribution in [0.25, 0.3) is 0 Å². The van der Waals surface area contributed by atoms with Crippen LogP contribution in [0.1, 0.15) is 11.6 Å². The van der Waals surface area contributed by atoms with Crippen molar-refractivity contribution in [2.24, 2.45) is 5.73 Å². The van der Waals surface area contributed by atoms with E-state index in [2.05, 4.69) is 22.6 Å². The van der Waals surface area contributed by atoms with Gasteiger partial charge in [0.2, 0.25) is 0 Å². The fourth-order valence-electron chi connectivity index (χ4n) is 1.25. The molecule has 0 unspecified atom stereocenters. The van der Waals surface area contributed by atoms with Gasteiger partial charge in [0.05, 0.1) is 11.1 Å². The summed E-state index contributed by atoms with van der Waals surface area (Å²) < 4.78 is 6.36. The van der Waals surface area contributed by atoms with Crippen LogP contribution in [-0.4, -0.2) is 6.61 Å². The average molecular weight is 296 g/mol. The molecule has 1 aliphatic heterocycles. The predicted molar refractivity (Wildman–Crippen MR) is 56.6 cm³/mol. The minimum absolute atomic E-state index is 0.0190. The number of rotatable bonds is 0. The third-order valence-corrected chi connectivity index (χ3v) is 3.48. The molecule has 0 spiro atoms. The maximum Gasteiger partial charge on any atom is 0.143 e. The summed E-state index contributed by atoms with van der Waals surface area (Å²) in [6.07, 6.45) is 0. The number of benzene rings is 1. The van der Waals surface area contributed by atoms with Crippen molar-refractivity contribution in [2.45, 2.75) is 6.04 Å². The molecule has 12 heavy (non-hydrogen) atoms. The Morgan fingerprint density at radius 2 is 2.33 bits per heavy atom. The highest BCUT2D eigenvalue weighted by Crippen LogP contribution is 2.39. The minimum Gasteiger partial charge on any atom is -0.490 e. The first-order chi connectivity index (χ1) is 5.70. The summed E-state index contributed by atoms with van der Waals surface area (Å²) in [5.41, 5.74) is 6.79. The first-order valence-corrected chi connectivity index (χ1v) is 5.02. The number of hydrogen-bond donors (Lipinski definition) is 1. The van der Waals surface area contributed by atoms with Gasteiger partial charge in [0, 0.05) is 9.13 Å². The van der Waals surface area contributed by atoms with Crippen LogP contribution < -0.4 is 10.5 Å². The zero-order valence-corrected chi connectivity index (χ0v) is 9.09. The molecule has 0 radical (unpaired) electrons. The van der Waals surface area contributed by atoms with Gasteiger partial charge in [0.15, 0.2) is 0 Å². The van der Waals surface area contributed by atoms with Gasteiger partial charge in [-0.05, 0) is 28.7 Å². The van der Waals surface area contributed by atoms with Crippen molar-refractivity contribution in [3.63, 3.8) is 0 Å². The van der Waals surface area contributed by atoms with Crippen molar-refractivity contribution < 1.29 is 4.74 Å². The molecule has 2 nitrogen and oxygen atoms in total. The van der Waals surface area contributed by atoms with Crippen molar-refractivity contribution >= 4 is 34.2 Å². The van der Waals surface area contributed by atoms with Crippen molar-refractivity contribution in [3.8, 4) is 5.75 Å². The lowest BCUT2D eigenvalue weighted by Crippen LogP contribution is -2.10. The molecule has 0 fully saturated rings. The smallest absolute Gasteiger partial charge is 0.143 e. The summed E-state index contributed by atoms with van der Waals surface area (Å²) >= 11 is 8.19. The summed E-state index contributed by atoms with van der Waals surface area (Å²) in [5, 5.41) is 0.682. The topological polar surface area (TPSA) is 35.2 Å². The van der Waals surface area contributed by atoms with E-state index in [4.69, 9.17) is 22.1 Å². The second kappa shape index (κ2) is 3.05. The van der Waals surface area contributed by atoms with E-state index in [0.29, 0.717) is 11.6 Å². The minimum atomic E-state index is -0.0190. The maximum atomic E-state index is 6.02. The predicted octanol–water partition coefficient (Wildman–Crippen LogP) is 2.34. The summed E-state index contributed by atoms with van der Waals surface area (Å²) in [5.74, 6) is 0.760. The lowest BCUT2D eigenvalue weighted by atomic mass is 10.1. The molecule has 0 aromatic heterocycles. The zero-order valence-electron chi connectivity index (χ0n) is 6.18. The van der Waals surface area contributed by atoms with Crippen LogP contribution in [0.4, 0.5) is 0 Å². The van der Waals surface area contributed by atoms with Crippen LogP contribution in [0.3, 0.4) is 0 Å². The molecule has 1 atom stereocenters. The van der Waals surface area contributed by atoms with Gasteiger partial charge < -0.3 is 10.5 Å². The maximum absolute atomic E-state index is 6.02. The SMILES string of the molecule is N[C@H]1COc2c1ccc(I)c2Cl. The summed E-state index contributed by atoms with van der Waals surface area (Å²) in [7, 11) is 0. The second-order valence-electron chi connectivity index (χ2n) is 2.70. The lowest BCUT2D eigenvalue weighted by molar-refractivity contribution is 0.333. The van der Waals surface area contributed by atoms with Crippen LogP contribution in [0, 0.1) is 3.57 Å². The fourth-order valence-corrected chi connectivity index (χ4v) is 1.90. The molecule has 0 bridgehead atoms. The van der Waals surface area contributed by atoms with E-state index in [1.165, 1.54) is 0 Å². The number of halogens is 2. The molecule has 1 heterocycles. The van der Waals surface area contributed by atoms with Crippen molar-refractivity contribution in [1.82, 2.24) is 0 Å². The van der Waals surface area contributed by atoms with Crippen LogP contribution >= 0.6 is 34.2 Å². The Kier molecular flexibility index (Phi) is 2.18. The third-order valence-electron chi connectivity index (χ3n) is 1.89. The third kappa shape index (κ3) is 1.20. The first-order valence-electron chi connectivity index (χ1n) is 3.56. The van der Waals surface area contributed by atoms with Crippen LogP contribution in [0.15, 0.2) is 12.1 Å². The molecule has 0 saturated carbocycles. The first kappa shape index (κ1) is 8.59. The van der Waals surface area contributed by atoms with E-state index in [-0.39, 0.29) is 6.04 Å². The standard InChI is InChI=1S/C8H7ClINO/c9-7-5(10)2-1-4-6(11)3-12-8(4)7/h1-2,6H,3,11H2/t6-/m0/s1. The van der Waals surface area contributed by atoms with Gasteiger partial charge in [-0.2, -0.15) is 0 Å². The fraction of sp³-hybridized carbons (Fsp3) is 0.250. The molecule has 64 valence electrons. The van der Waals surface area contributed by atoms with Gasteiger partial charge in [-0.15, -0.1) is 0 Å². The average Bonchev–Trinajstić information content (AvgIpc) is 2.41. The Morgan fingerprint density at radius 1 is 1.58 bits per heavy atom. The second-order valence-corrected chi connectivity index (χ2v) is 4.24. The molecule has 4 heteroatoms. The molecule has 2 N–H and O–H groups in total. The Morgan fingerprint density at radius 3 is 3.08 bits per heavy atom. The van der Waals surface area contributed by atoms with Gasteiger partial charge >= 0.3 is 0 Å². The quantitative estimate of drug-likeness (QED) is 0.746. The lowest BCUT2D eigenvalue weighted by Gasteiger charge is -2.03. The molecule has 0 aliphatic carbocycles. The molecule has 0 amide bonds. The van der Waals surface area contributed by atoms with Gasteiger partial charge in [0.1, 0.15) is 12.4 Å². The monoisotopic (exact) mass is 295 g/mol. The van der Waals surface area contributed by atoms with Crippen LogP contribution in [0.2, 0.25) is 5.02 Å². The number of ether oxygens (including phenoxy) is 1. The van der Waals surface area contributed by atoms with Crippen LogP contribution in [-0.2, 0) is 0 Å². The highest BCUT2D eigenvalue weighted by Gasteiger charge is 2.23. The number of hydrogen-bond acceptors (Lipinski definition) is 2. The van der Waals surface area contributed by atoms with Crippen LogP contribution in [0.5, 0.6) is 5.75 Å². The Bertz CT molecular complexity index is 329. The van der Waals surface area contributed by atoms with Gasteiger partial charge in [-0.1, -0.05) is 17.7 Å². The van der Waals surface area contributed by atoms with E-state index >= 15 is 0 Å². The van der Waals surface area contributed by atoms with E-state index in [1.807, 2.05) is 12.1 Å². The van der Waals surface area contributed by atoms with E-state index in [0.717, 1.165) is 14.9 Å². The summed E-state index contributed by atoms with van der Waals surface area (Å²) in [4.78, 5) is 0. The molecular weight excluding hydrogens is 288 g/mol. The molecule has 1 aliphatic rings. The number of fused-ring (bicyclic) bond motifs is 1. The van der Waals surface area contributed by atoms with E-state index in [1.54, 1.807) is 0 Å². The summed E-state index contributed by atoms with van der Waals surface area (Å²) in [6, 6.07) is 3.91. The molecule has 1 aromatic rings. The Hall–Kier alpha value is -0.0000000000000000555. The Labute approximate surface area is 89.2 Å². The molecule has 2 rings (SSSR count). The molecule has 0 saturated heterocycles. The van der Waals surface area contributed by atoms with Gasteiger partial charge in [-0.25, -0.2) is 0 Å². The molecular formula is C8H7ClINO. The zero-order chi connectivity index (χ0) is 8.72. The Balaban J connectivity index is 2.60. The van der Waals surface area contributed by atoms with Gasteiger partial charge in [-0.3, -0.25) is 0 Å². The molecule has 1 aromatic carbocycles. The highest BCUT2D eigenvalue weighted by atomic mass is 127.